The van der Waals surface area contributed by atoms with Crippen molar-refractivity contribution in [3.05, 3.63) is 40.5 Å². The molecule has 98 valence electrons. The highest BCUT2D eigenvalue weighted by atomic mass is 16.6. The van der Waals surface area contributed by atoms with Gasteiger partial charge in [-0.15, -0.1) is 0 Å². The number of hydrazine groups is 1. The van der Waals surface area contributed by atoms with Crippen LogP contribution in [0.1, 0.15) is 5.69 Å². The number of ether oxygens (including phenoxy) is 1. The first-order chi connectivity index (χ1) is 9.13. The van der Waals surface area contributed by atoms with Crippen molar-refractivity contribution in [3.8, 4) is 11.6 Å². The normalized spacial score (nSPS) is 10.0. The molecule has 0 fully saturated rings. The smallest absolute Gasteiger partial charge is 0.374 e. The van der Waals surface area contributed by atoms with Crippen LogP contribution in [0.5, 0.6) is 11.6 Å². The van der Waals surface area contributed by atoms with E-state index in [4.69, 9.17) is 10.6 Å². The molecule has 0 saturated carbocycles. The first-order valence-corrected chi connectivity index (χ1v) is 5.19. The van der Waals surface area contributed by atoms with E-state index in [1.807, 2.05) is 0 Å². The van der Waals surface area contributed by atoms with Crippen molar-refractivity contribution < 1.29 is 9.66 Å². The van der Waals surface area contributed by atoms with Crippen molar-refractivity contribution in [2.45, 2.75) is 6.92 Å². The second-order valence-corrected chi connectivity index (χ2v) is 3.47. The van der Waals surface area contributed by atoms with Crippen LogP contribution in [0, 0.1) is 17.0 Å². The fraction of sp³-hybridized carbons (Fsp3) is 0.100. The molecule has 0 spiro atoms. The van der Waals surface area contributed by atoms with E-state index in [2.05, 4.69) is 20.4 Å². The average molecular weight is 262 g/mol. The molecule has 0 radical (unpaired) electrons. The highest BCUT2D eigenvalue weighted by Gasteiger charge is 2.24. The first kappa shape index (κ1) is 12.6. The maximum absolute atomic E-state index is 11.0. The van der Waals surface area contributed by atoms with Crippen molar-refractivity contribution in [2.24, 2.45) is 5.84 Å². The summed E-state index contributed by atoms with van der Waals surface area (Å²) in [6.45, 7) is 1.71. The minimum absolute atomic E-state index is 0.128. The molecular formula is C10H10N6O3. The number of nitrogens with zero attached hydrogens (tertiary/aromatic N) is 4. The number of nitrogen functional groups attached to an aromatic ring is 1. The Balaban J connectivity index is 2.46. The largest absolute Gasteiger partial charge is 0.432 e. The predicted molar refractivity (Wildman–Crippen MR) is 65.5 cm³/mol. The summed E-state index contributed by atoms with van der Waals surface area (Å²) in [7, 11) is 0. The Morgan fingerprint density at radius 2 is 2.21 bits per heavy atom. The molecule has 3 N–H and O–H groups in total. The average Bonchev–Trinajstić information content (AvgIpc) is 2.40. The van der Waals surface area contributed by atoms with Gasteiger partial charge >= 0.3 is 11.6 Å². The number of anilines is 1. The maximum Gasteiger partial charge on any atom is 0.374 e. The minimum atomic E-state index is -0.670. The van der Waals surface area contributed by atoms with Crippen molar-refractivity contribution in [2.75, 3.05) is 5.43 Å². The summed E-state index contributed by atoms with van der Waals surface area (Å²) < 4.78 is 5.39. The molecule has 2 heterocycles. The third-order valence-corrected chi connectivity index (χ3v) is 2.27. The van der Waals surface area contributed by atoms with E-state index in [1.165, 1.54) is 0 Å². The molecule has 0 bridgehead atoms. The fourth-order valence-corrected chi connectivity index (χ4v) is 1.39. The number of rotatable bonds is 4. The van der Waals surface area contributed by atoms with Crippen LogP contribution < -0.4 is 16.0 Å². The Hall–Kier alpha value is -2.81. The topological polar surface area (TPSA) is 129 Å². The van der Waals surface area contributed by atoms with Crippen molar-refractivity contribution >= 4 is 11.5 Å². The van der Waals surface area contributed by atoms with Gasteiger partial charge in [-0.3, -0.25) is 15.1 Å². The summed E-state index contributed by atoms with van der Waals surface area (Å²) >= 11 is 0. The van der Waals surface area contributed by atoms with Gasteiger partial charge in [-0.2, -0.15) is 4.98 Å². The van der Waals surface area contributed by atoms with Gasteiger partial charge in [-0.1, -0.05) is 0 Å². The van der Waals surface area contributed by atoms with Gasteiger partial charge in [0.15, 0.2) is 5.75 Å². The molecule has 2 aromatic rings. The standard InChI is InChI=1S/C10H10N6O3/c1-6-7(3-2-4-12-6)19-10-8(16(17)18)9(15-11)13-5-14-10/h2-5H,11H2,1H3,(H,13,14,15). The lowest BCUT2D eigenvalue weighted by atomic mass is 10.3. The van der Waals surface area contributed by atoms with Crippen LogP contribution in [0.2, 0.25) is 0 Å². The second-order valence-electron chi connectivity index (χ2n) is 3.47. The quantitative estimate of drug-likeness (QED) is 0.477. The minimum Gasteiger partial charge on any atom is -0.432 e. The van der Waals surface area contributed by atoms with Gasteiger partial charge in [0.25, 0.3) is 0 Å². The molecule has 0 atom stereocenters. The van der Waals surface area contributed by atoms with E-state index >= 15 is 0 Å². The summed E-state index contributed by atoms with van der Waals surface area (Å²) in [5.41, 5.74) is 2.27. The molecule has 0 aliphatic heterocycles. The molecule has 19 heavy (non-hydrogen) atoms. The highest BCUT2D eigenvalue weighted by molar-refractivity contribution is 5.61. The van der Waals surface area contributed by atoms with E-state index in [9.17, 15) is 10.1 Å². The molecular weight excluding hydrogens is 252 g/mol. The van der Waals surface area contributed by atoms with Crippen molar-refractivity contribution in [3.63, 3.8) is 0 Å². The summed E-state index contributed by atoms with van der Waals surface area (Å²) in [5.74, 6) is 5.20. The van der Waals surface area contributed by atoms with Crippen LogP contribution in [0.25, 0.3) is 0 Å². The predicted octanol–water partition coefficient (Wildman–Crippen LogP) is 1.17. The lowest BCUT2D eigenvalue weighted by Gasteiger charge is -2.08. The lowest BCUT2D eigenvalue weighted by Crippen LogP contribution is -2.12. The van der Waals surface area contributed by atoms with Gasteiger partial charge in [-0.25, -0.2) is 10.8 Å². The summed E-state index contributed by atoms with van der Waals surface area (Å²) in [5, 5.41) is 11.0. The third kappa shape index (κ3) is 2.55. The zero-order valence-corrected chi connectivity index (χ0v) is 9.90. The Morgan fingerprint density at radius 1 is 1.42 bits per heavy atom. The monoisotopic (exact) mass is 262 g/mol. The fourth-order valence-electron chi connectivity index (χ4n) is 1.39. The SMILES string of the molecule is Cc1ncccc1Oc1ncnc(NN)c1[N+](=O)[O-]. The number of nitro groups is 1. The van der Waals surface area contributed by atoms with E-state index in [1.54, 1.807) is 25.3 Å². The Bertz CT molecular complexity index is 618. The molecule has 0 aromatic carbocycles. The molecule has 2 rings (SSSR count). The van der Waals surface area contributed by atoms with E-state index in [0.717, 1.165) is 6.33 Å². The molecule has 0 amide bonds. The number of aryl methyl sites for hydroxylation is 1. The van der Waals surface area contributed by atoms with E-state index in [0.29, 0.717) is 11.4 Å². The van der Waals surface area contributed by atoms with Gasteiger partial charge in [-0.05, 0) is 19.1 Å². The van der Waals surface area contributed by atoms with Gasteiger partial charge in [0.05, 0.1) is 10.6 Å². The molecule has 2 aromatic heterocycles. The third-order valence-electron chi connectivity index (χ3n) is 2.27. The van der Waals surface area contributed by atoms with Crippen LogP contribution in [-0.4, -0.2) is 19.9 Å². The van der Waals surface area contributed by atoms with Gasteiger partial charge in [0.2, 0.25) is 5.82 Å². The van der Waals surface area contributed by atoms with Gasteiger partial charge < -0.3 is 10.2 Å². The summed E-state index contributed by atoms with van der Waals surface area (Å²) in [4.78, 5) is 21.8. The lowest BCUT2D eigenvalue weighted by molar-refractivity contribution is -0.385. The number of aromatic nitrogens is 3. The summed E-state index contributed by atoms with van der Waals surface area (Å²) in [6, 6.07) is 3.28. The van der Waals surface area contributed by atoms with Gasteiger partial charge in [0, 0.05) is 6.20 Å². The molecule has 9 nitrogen and oxygen atoms in total. The van der Waals surface area contributed by atoms with Crippen molar-refractivity contribution in [1.82, 2.24) is 15.0 Å². The van der Waals surface area contributed by atoms with Crippen LogP contribution in [0.3, 0.4) is 0 Å². The van der Waals surface area contributed by atoms with Crippen LogP contribution in [0.15, 0.2) is 24.7 Å². The first-order valence-electron chi connectivity index (χ1n) is 5.19. The number of nitrogens with one attached hydrogen (secondary N) is 1. The molecule has 0 aliphatic carbocycles. The Kier molecular flexibility index (Phi) is 3.48. The zero-order valence-electron chi connectivity index (χ0n) is 9.90. The van der Waals surface area contributed by atoms with Crippen LogP contribution >= 0.6 is 0 Å². The Morgan fingerprint density at radius 3 is 2.84 bits per heavy atom. The molecule has 0 saturated heterocycles. The van der Waals surface area contributed by atoms with Crippen molar-refractivity contribution in [1.29, 1.82) is 0 Å². The number of nitrogens with two attached hydrogens (primary N) is 1. The molecule has 9 heteroatoms. The summed E-state index contributed by atoms with van der Waals surface area (Å²) in [6.07, 6.45) is 2.70. The molecule has 0 aliphatic rings. The number of pyridine rings is 1. The zero-order chi connectivity index (χ0) is 13.8. The second kappa shape index (κ2) is 5.23. The highest BCUT2D eigenvalue weighted by Crippen LogP contribution is 2.33. The van der Waals surface area contributed by atoms with Crippen LogP contribution in [0.4, 0.5) is 11.5 Å². The maximum atomic E-state index is 11.0. The number of hydrogen-bond donors (Lipinski definition) is 2. The van der Waals surface area contributed by atoms with Crippen LogP contribution in [-0.2, 0) is 0 Å². The van der Waals surface area contributed by atoms with Gasteiger partial charge in [0.1, 0.15) is 6.33 Å². The number of hydrogen-bond acceptors (Lipinski definition) is 8. The Labute approximate surface area is 107 Å². The molecule has 0 unspecified atom stereocenters. The van der Waals surface area contributed by atoms with E-state index in [-0.39, 0.29) is 11.7 Å². The van der Waals surface area contributed by atoms with E-state index < -0.39 is 10.6 Å².